The standard InChI is InChI=1S/C12H18N2O/c1-10(15)14(4)12-8-6-5-7-11(12)9-13(2)3/h5-8H,9H2,1-4H3. The number of para-hydroxylation sites is 1. The van der Waals surface area contributed by atoms with Gasteiger partial charge in [-0.05, 0) is 25.7 Å². The molecular formula is C12H18N2O. The van der Waals surface area contributed by atoms with Crippen LogP contribution < -0.4 is 4.90 Å². The van der Waals surface area contributed by atoms with E-state index in [1.807, 2.05) is 32.3 Å². The van der Waals surface area contributed by atoms with Crippen LogP contribution in [-0.4, -0.2) is 32.0 Å². The molecule has 0 atom stereocenters. The fraction of sp³-hybridized carbons (Fsp3) is 0.417. The van der Waals surface area contributed by atoms with E-state index in [1.165, 1.54) is 5.56 Å². The van der Waals surface area contributed by atoms with Crippen LogP contribution in [-0.2, 0) is 11.3 Å². The zero-order valence-corrected chi connectivity index (χ0v) is 9.82. The second-order valence-electron chi connectivity index (χ2n) is 3.94. The van der Waals surface area contributed by atoms with Crippen molar-refractivity contribution >= 4 is 11.6 Å². The summed E-state index contributed by atoms with van der Waals surface area (Å²) in [5.41, 5.74) is 2.15. The summed E-state index contributed by atoms with van der Waals surface area (Å²) in [5, 5.41) is 0. The second-order valence-corrected chi connectivity index (χ2v) is 3.94. The molecule has 3 nitrogen and oxygen atoms in total. The van der Waals surface area contributed by atoms with Crippen LogP contribution in [0, 0.1) is 0 Å². The lowest BCUT2D eigenvalue weighted by Crippen LogP contribution is -2.25. The molecular weight excluding hydrogens is 188 g/mol. The Morgan fingerprint density at radius 3 is 2.33 bits per heavy atom. The zero-order chi connectivity index (χ0) is 11.4. The first-order valence-electron chi connectivity index (χ1n) is 4.99. The van der Waals surface area contributed by atoms with Crippen LogP contribution in [0.1, 0.15) is 12.5 Å². The minimum atomic E-state index is 0.0567. The quantitative estimate of drug-likeness (QED) is 0.752. The van der Waals surface area contributed by atoms with Crippen molar-refractivity contribution in [3.05, 3.63) is 29.8 Å². The van der Waals surface area contributed by atoms with Crippen molar-refractivity contribution in [1.82, 2.24) is 4.90 Å². The monoisotopic (exact) mass is 206 g/mol. The summed E-state index contributed by atoms with van der Waals surface area (Å²) in [6.45, 7) is 2.42. The van der Waals surface area contributed by atoms with Gasteiger partial charge in [-0.3, -0.25) is 4.79 Å². The minimum Gasteiger partial charge on any atom is -0.315 e. The Kier molecular flexibility index (Phi) is 3.86. The Bertz CT molecular complexity index is 347. The molecule has 0 spiro atoms. The highest BCUT2D eigenvalue weighted by molar-refractivity contribution is 5.91. The third-order valence-electron chi connectivity index (χ3n) is 2.31. The Morgan fingerprint density at radius 1 is 1.20 bits per heavy atom. The van der Waals surface area contributed by atoms with Crippen LogP contribution in [0.3, 0.4) is 0 Å². The highest BCUT2D eigenvalue weighted by atomic mass is 16.2. The Morgan fingerprint density at radius 2 is 1.80 bits per heavy atom. The van der Waals surface area contributed by atoms with Crippen LogP contribution in [0.2, 0.25) is 0 Å². The molecule has 0 saturated heterocycles. The molecule has 0 N–H and O–H groups in total. The van der Waals surface area contributed by atoms with Crippen LogP contribution in [0.15, 0.2) is 24.3 Å². The number of amides is 1. The van der Waals surface area contributed by atoms with Crippen molar-refractivity contribution in [3.8, 4) is 0 Å². The summed E-state index contributed by atoms with van der Waals surface area (Å²) < 4.78 is 0. The van der Waals surface area contributed by atoms with E-state index < -0.39 is 0 Å². The smallest absolute Gasteiger partial charge is 0.223 e. The van der Waals surface area contributed by atoms with Crippen molar-refractivity contribution in [2.75, 3.05) is 26.0 Å². The number of benzene rings is 1. The number of hydrogen-bond acceptors (Lipinski definition) is 2. The first kappa shape index (κ1) is 11.7. The predicted molar refractivity (Wildman–Crippen MR) is 62.9 cm³/mol. The Labute approximate surface area is 91.3 Å². The summed E-state index contributed by atoms with van der Waals surface area (Å²) in [6.07, 6.45) is 0. The van der Waals surface area contributed by atoms with Gasteiger partial charge in [0.15, 0.2) is 0 Å². The first-order chi connectivity index (χ1) is 7.02. The lowest BCUT2D eigenvalue weighted by molar-refractivity contribution is -0.116. The van der Waals surface area contributed by atoms with E-state index in [9.17, 15) is 4.79 Å². The normalized spacial score (nSPS) is 10.5. The molecule has 0 bridgehead atoms. The Balaban J connectivity index is 3.00. The molecule has 3 heteroatoms. The number of anilines is 1. The molecule has 1 rings (SSSR count). The molecule has 0 fully saturated rings. The fourth-order valence-corrected chi connectivity index (χ4v) is 1.48. The van der Waals surface area contributed by atoms with E-state index in [1.54, 1.807) is 18.9 Å². The van der Waals surface area contributed by atoms with Gasteiger partial charge in [0.05, 0.1) is 0 Å². The summed E-state index contributed by atoms with van der Waals surface area (Å²) in [4.78, 5) is 15.1. The average molecular weight is 206 g/mol. The molecule has 0 unspecified atom stereocenters. The summed E-state index contributed by atoms with van der Waals surface area (Å²) in [5.74, 6) is 0.0567. The lowest BCUT2D eigenvalue weighted by Gasteiger charge is -2.20. The van der Waals surface area contributed by atoms with Gasteiger partial charge in [-0.2, -0.15) is 0 Å². The number of nitrogens with zero attached hydrogens (tertiary/aromatic N) is 2. The summed E-state index contributed by atoms with van der Waals surface area (Å²) in [7, 11) is 5.84. The first-order valence-corrected chi connectivity index (χ1v) is 4.99. The molecule has 15 heavy (non-hydrogen) atoms. The summed E-state index contributed by atoms with van der Waals surface area (Å²) in [6, 6.07) is 7.97. The van der Waals surface area contributed by atoms with Crippen LogP contribution in [0.4, 0.5) is 5.69 Å². The number of hydrogen-bond donors (Lipinski definition) is 0. The molecule has 0 aliphatic rings. The van der Waals surface area contributed by atoms with E-state index >= 15 is 0 Å². The third-order valence-corrected chi connectivity index (χ3v) is 2.31. The van der Waals surface area contributed by atoms with Crippen LogP contribution >= 0.6 is 0 Å². The number of carbonyl (C=O) groups excluding carboxylic acids is 1. The van der Waals surface area contributed by atoms with Crippen LogP contribution in [0.25, 0.3) is 0 Å². The SMILES string of the molecule is CC(=O)N(C)c1ccccc1CN(C)C. The molecule has 82 valence electrons. The van der Waals surface area contributed by atoms with E-state index in [0.29, 0.717) is 0 Å². The van der Waals surface area contributed by atoms with Gasteiger partial charge in [-0.1, -0.05) is 18.2 Å². The Hall–Kier alpha value is -1.35. The summed E-state index contributed by atoms with van der Waals surface area (Å²) >= 11 is 0. The van der Waals surface area contributed by atoms with Gasteiger partial charge < -0.3 is 9.80 Å². The van der Waals surface area contributed by atoms with Gasteiger partial charge >= 0.3 is 0 Å². The van der Waals surface area contributed by atoms with E-state index in [4.69, 9.17) is 0 Å². The molecule has 1 aromatic rings. The molecule has 0 saturated carbocycles. The van der Waals surface area contributed by atoms with Gasteiger partial charge in [-0.25, -0.2) is 0 Å². The fourth-order valence-electron chi connectivity index (χ4n) is 1.48. The topological polar surface area (TPSA) is 23.6 Å². The highest BCUT2D eigenvalue weighted by Crippen LogP contribution is 2.20. The molecule has 1 aromatic carbocycles. The maximum Gasteiger partial charge on any atom is 0.223 e. The van der Waals surface area contributed by atoms with E-state index in [2.05, 4.69) is 11.0 Å². The largest absolute Gasteiger partial charge is 0.315 e. The van der Waals surface area contributed by atoms with Crippen LogP contribution in [0.5, 0.6) is 0 Å². The lowest BCUT2D eigenvalue weighted by atomic mass is 10.1. The van der Waals surface area contributed by atoms with E-state index in [-0.39, 0.29) is 5.91 Å². The zero-order valence-electron chi connectivity index (χ0n) is 9.82. The van der Waals surface area contributed by atoms with Gasteiger partial charge in [0.2, 0.25) is 5.91 Å². The molecule has 1 amide bonds. The predicted octanol–water partition coefficient (Wildman–Crippen LogP) is 1.73. The van der Waals surface area contributed by atoms with E-state index in [0.717, 1.165) is 12.2 Å². The van der Waals surface area contributed by atoms with Crippen molar-refractivity contribution in [1.29, 1.82) is 0 Å². The maximum atomic E-state index is 11.3. The van der Waals surface area contributed by atoms with Gasteiger partial charge in [0.25, 0.3) is 0 Å². The number of rotatable bonds is 3. The average Bonchev–Trinajstić information content (AvgIpc) is 2.16. The molecule has 0 aromatic heterocycles. The van der Waals surface area contributed by atoms with Crippen molar-refractivity contribution < 1.29 is 4.79 Å². The van der Waals surface area contributed by atoms with Gasteiger partial charge in [0, 0.05) is 26.2 Å². The maximum absolute atomic E-state index is 11.3. The van der Waals surface area contributed by atoms with Gasteiger partial charge in [-0.15, -0.1) is 0 Å². The molecule has 0 heterocycles. The molecule has 0 aliphatic heterocycles. The van der Waals surface area contributed by atoms with Crippen molar-refractivity contribution in [2.24, 2.45) is 0 Å². The van der Waals surface area contributed by atoms with Crippen molar-refractivity contribution in [2.45, 2.75) is 13.5 Å². The highest BCUT2D eigenvalue weighted by Gasteiger charge is 2.10. The molecule has 0 radical (unpaired) electrons. The minimum absolute atomic E-state index is 0.0567. The second kappa shape index (κ2) is 4.94. The molecule has 0 aliphatic carbocycles. The van der Waals surface area contributed by atoms with Crippen molar-refractivity contribution in [3.63, 3.8) is 0 Å². The number of carbonyl (C=O) groups is 1. The van der Waals surface area contributed by atoms with Gasteiger partial charge in [0.1, 0.15) is 0 Å². The third kappa shape index (κ3) is 3.06.